The van der Waals surface area contributed by atoms with Crippen LogP contribution in [0.4, 0.5) is 5.69 Å². The highest BCUT2D eigenvalue weighted by atomic mass is 79.9. The summed E-state index contributed by atoms with van der Waals surface area (Å²) in [7, 11) is 0. The number of nitrogens with one attached hydrogen (secondary N) is 1. The first-order chi connectivity index (χ1) is 10.2. The van der Waals surface area contributed by atoms with Crippen molar-refractivity contribution in [2.24, 2.45) is 0 Å². The summed E-state index contributed by atoms with van der Waals surface area (Å²) in [6.45, 7) is 3.02. The molecule has 1 unspecified atom stereocenters. The Labute approximate surface area is 136 Å². The van der Waals surface area contributed by atoms with Crippen molar-refractivity contribution in [1.82, 2.24) is 9.55 Å². The average Bonchev–Trinajstić information content (AvgIpc) is 3.11. The summed E-state index contributed by atoms with van der Waals surface area (Å²) in [5.41, 5.74) is 2.40. The third-order valence-electron chi connectivity index (χ3n) is 3.25. The topological polar surface area (TPSA) is 29.9 Å². The van der Waals surface area contributed by atoms with E-state index in [2.05, 4.69) is 73.4 Å². The number of aromatic nitrogens is 2. The Morgan fingerprint density at radius 2 is 2.29 bits per heavy atom. The van der Waals surface area contributed by atoms with E-state index < -0.39 is 0 Å². The fourth-order valence-electron chi connectivity index (χ4n) is 2.23. The quantitative estimate of drug-likeness (QED) is 0.698. The first-order valence-corrected chi connectivity index (χ1v) is 8.43. The Hall–Kier alpha value is -1.59. The van der Waals surface area contributed by atoms with Gasteiger partial charge in [-0.05, 0) is 46.6 Å². The van der Waals surface area contributed by atoms with E-state index in [9.17, 15) is 0 Å². The van der Waals surface area contributed by atoms with E-state index in [1.807, 2.05) is 12.5 Å². The summed E-state index contributed by atoms with van der Waals surface area (Å²) in [6.07, 6.45) is 5.62. The molecule has 0 saturated heterocycles. The van der Waals surface area contributed by atoms with Crippen molar-refractivity contribution in [1.29, 1.82) is 0 Å². The van der Waals surface area contributed by atoms with Gasteiger partial charge in [0.15, 0.2) is 0 Å². The Morgan fingerprint density at radius 3 is 3.00 bits per heavy atom. The second-order valence-electron chi connectivity index (χ2n) is 4.97. The van der Waals surface area contributed by atoms with Crippen molar-refractivity contribution >= 4 is 33.0 Å². The maximum Gasteiger partial charge on any atom is 0.0949 e. The minimum atomic E-state index is 0.296. The molecule has 0 saturated carbocycles. The van der Waals surface area contributed by atoms with Gasteiger partial charge in [-0.3, -0.25) is 0 Å². The van der Waals surface area contributed by atoms with Gasteiger partial charge in [-0.2, -0.15) is 0 Å². The molecule has 0 aliphatic carbocycles. The normalized spacial score (nSPS) is 12.3. The second kappa shape index (κ2) is 6.45. The highest BCUT2D eigenvalue weighted by Gasteiger charge is 2.08. The Morgan fingerprint density at radius 1 is 1.38 bits per heavy atom. The minimum Gasteiger partial charge on any atom is -0.378 e. The maximum absolute atomic E-state index is 4.08. The molecule has 0 aliphatic heterocycles. The number of thiophene rings is 1. The molecule has 1 atom stereocenters. The van der Waals surface area contributed by atoms with Crippen LogP contribution in [0.2, 0.25) is 0 Å². The highest BCUT2D eigenvalue weighted by Crippen LogP contribution is 2.28. The van der Waals surface area contributed by atoms with Gasteiger partial charge in [0, 0.05) is 39.4 Å². The van der Waals surface area contributed by atoms with Crippen LogP contribution in [0.15, 0.2) is 58.9 Å². The van der Waals surface area contributed by atoms with Crippen LogP contribution in [0, 0.1) is 0 Å². The molecule has 0 amide bonds. The smallest absolute Gasteiger partial charge is 0.0949 e. The molecule has 0 aliphatic rings. The van der Waals surface area contributed by atoms with E-state index in [4.69, 9.17) is 0 Å². The van der Waals surface area contributed by atoms with E-state index in [1.54, 1.807) is 17.5 Å². The third kappa shape index (κ3) is 3.74. The molecule has 1 N–H and O–H groups in total. The summed E-state index contributed by atoms with van der Waals surface area (Å²) in [5.74, 6) is 0. The number of nitrogens with zero attached hydrogens (tertiary/aromatic N) is 2. The lowest BCUT2D eigenvalue weighted by Gasteiger charge is -2.14. The van der Waals surface area contributed by atoms with Gasteiger partial charge in [-0.25, -0.2) is 4.98 Å². The van der Waals surface area contributed by atoms with Gasteiger partial charge in [0.2, 0.25) is 0 Å². The number of anilines is 1. The van der Waals surface area contributed by atoms with E-state index in [0.717, 1.165) is 16.7 Å². The average molecular weight is 362 g/mol. The van der Waals surface area contributed by atoms with Gasteiger partial charge in [0.1, 0.15) is 0 Å². The van der Waals surface area contributed by atoms with Gasteiger partial charge >= 0.3 is 0 Å². The van der Waals surface area contributed by atoms with Crippen LogP contribution in [0.25, 0.3) is 0 Å². The SMILES string of the molecule is CC(Nc1cccc(Cn2ccnc2)c1)c1cc(Br)cs1. The number of halogens is 1. The lowest BCUT2D eigenvalue weighted by Crippen LogP contribution is -2.05. The van der Waals surface area contributed by atoms with Crippen LogP contribution in [0.3, 0.4) is 0 Å². The van der Waals surface area contributed by atoms with Crippen LogP contribution < -0.4 is 5.32 Å². The number of benzene rings is 1. The van der Waals surface area contributed by atoms with Gasteiger partial charge in [-0.1, -0.05) is 12.1 Å². The van der Waals surface area contributed by atoms with Gasteiger partial charge < -0.3 is 9.88 Å². The van der Waals surface area contributed by atoms with Gasteiger partial charge in [0.05, 0.1) is 12.4 Å². The number of imidazole rings is 1. The van der Waals surface area contributed by atoms with Crippen LogP contribution in [0.5, 0.6) is 0 Å². The fraction of sp³-hybridized carbons (Fsp3) is 0.188. The molecule has 0 fully saturated rings. The second-order valence-corrected chi connectivity index (χ2v) is 6.83. The number of hydrogen-bond donors (Lipinski definition) is 1. The number of hydrogen-bond acceptors (Lipinski definition) is 3. The molecule has 108 valence electrons. The summed E-state index contributed by atoms with van der Waals surface area (Å²) >= 11 is 5.27. The third-order valence-corrected chi connectivity index (χ3v) is 5.13. The first kappa shape index (κ1) is 14.4. The molecule has 0 spiro atoms. The molecule has 2 heterocycles. The molecule has 5 heteroatoms. The lowest BCUT2D eigenvalue weighted by atomic mass is 10.1. The van der Waals surface area contributed by atoms with Gasteiger partial charge in [-0.15, -0.1) is 11.3 Å². The summed E-state index contributed by atoms with van der Waals surface area (Å²) in [5, 5.41) is 5.67. The van der Waals surface area contributed by atoms with E-state index in [0.29, 0.717) is 6.04 Å². The molecular weight excluding hydrogens is 346 g/mol. The molecule has 0 radical (unpaired) electrons. The molecule has 3 aromatic rings. The summed E-state index contributed by atoms with van der Waals surface area (Å²) in [4.78, 5) is 5.40. The van der Waals surface area contributed by atoms with E-state index in [-0.39, 0.29) is 0 Å². The zero-order valence-corrected chi connectivity index (χ0v) is 14.1. The van der Waals surface area contributed by atoms with Crippen LogP contribution in [-0.4, -0.2) is 9.55 Å². The summed E-state index contributed by atoms with van der Waals surface area (Å²) < 4.78 is 3.21. The van der Waals surface area contributed by atoms with Crippen molar-refractivity contribution in [3.8, 4) is 0 Å². The fourth-order valence-corrected chi connectivity index (χ4v) is 3.68. The minimum absolute atomic E-state index is 0.296. The van der Waals surface area contributed by atoms with E-state index >= 15 is 0 Å². The van der Waals surface area contributed by atoms with Crippen LogP contribution in [-0.2, 0) is 6.54 Å². The van der Waals surface area contributed by atoms with E-state index in [1.165, 1.54) is 10.4 Å². The predicted octanol–water partition coefficient (Wildman–Crippen LogP) is 4.93. The standard InChI is InChI=1S/C16H16BrN3S/c1-12(16-8-14(17)10-21-16)19-15-4-2-3-13(7-15)9-20-6-5-18-11-20/h2-8,10-12,19H,9H2,1H3. The highest BCUT2D eigenvalue weighted by molar-refractivity contribution is 9.10. The molecule has 0 bridgehead atoms. The largest absolute Gasteiger partial charge is 0.378 e. The van der Waals surface area contributed by atoms with Crippen molar-refractivity contribution in [2.45, 2.75) is 19.5 Å². The van der Waals surface area contributed by atoms with Crippen molar-refractivity contribution in [2.75, 3.05) is 5.32 Å². The zero-order chi connectivity index (χ0) is 14.7. The maximum atomic E-state index is 4.08. The zero-order valence-electron chi connectivity index (χ0n) is 11.7. The monoisotopic (exact) mass is 361 g/mol. The molecule has 21 heavy (non-hydrogen) atoms. The number of rotatable bonds is 5. The van der Waals surface area contributed by atoms with Crippen LogP contribution in [0.1, 0.15) is 23.4 Å². The first-order valence-electron chi connectivity index (χ1n) is 6.76. The van der Waals surface area contributed by atoms with Crippen molar-refractivity contribution in [3.63, 3.8) is 0 Å². The predicted molar refractivity (Wildman–Crippen MR) is 91.8 cm³/mol. The molecular formula is C16H16BrN3S. The summed E-state index contributed by atoms with van der Waals surface area (Å²) in [6, 6.07) is 11.0. The molecule has 1 aromatic carbocycles. The Balaban J connectivity index is 1.71. The van der Waals surface area contributed by atoms with Crippen molar-refractivity contribution < 1.29 is 0 Å². The Kier molecular flexibility index (Phi) is 4.41. The van der Waals surface area contributed by atoms with Gasteiger partial charge in [0.25, 0.3) is 0 Å². The molecule has 2 aromatic heterocycles. The molecule has 3 nitrogen and oxygen atoms in total. The Bertz CT molecular complexity index is 706. The lowest BCUT2D eigenvalue weighted by molar-refractivity contribution is 0.797. The van der Waals surface area contributed by atoms with Crippen LogP contribution >= 0.6 is 27.3 Å². The van der Waals surface area contributed by atoms with Crippen molar-refractivity contribution in [3.05, 3.63) is 69.3 Å². The molecule has 3 rings (SSSR count).